The van der Waals surface area contributed by atoms with E-state index >= 15 is 0 Å². The summed E-state index contributed by atoms with van der Waals surface area (Å²) in [5.74, 6) is 0.991. The fourth-order valence-electron chi connectivity index (χ4n) is 1.45. The first-order valence-corrected chi connectivity index (χ1v) is 4.13. The number of nitrogens with one attached hydrogen (secondary N) is 1. The first kappa shape index (κ1) is 6.89. The Kier molecular flexibility index (Phi) is 1.17. The summed E-state index contributed by atoms with van der Waals surface area (Å²) in [5.41, 5.74) is 1.09. The lowest BCUT2D eigenvalue weighted by molar-refractivity contribution is -0.123. The SMILES string of the molecule is CC=C(C)NC(=O)C12CC1C2. The number of rotatable bonds is 2. The van der Waals surface area contributed by atoms with Gasteiger partial charge in [0, 0.05) is 5.70 Å². The Balaban J connectivity index is 1.92. The van der Waals surface area contributed by atoms with Crippen molar-refractivity contribution in [2.24, 2.45) is 11.3 Å². The maximum absolute atomic E-state index is 11.4. The molecule has 1 amide bonds. The van der Waals surface area contributed by atoms with Crippen LogP contribution >= 0.6 is 0 Å². The predicted octanol–water partition coefficient (Wildman–Crippen LogP) is 1.44. The minimum Gasteiger partial charge on any atom is -0.330 e. The van der Waals surface area contributed by atoms with E-state index in [1.807, 2.05) is 19.9 Å². The zero-order chi connectivity index (χ0) is 8.06. The third-order valence-corrected chi connectivity index (χ3v) is 2.88. The van der Waals surface area contributed by atoms with E-state index in [0.717, 1.165) is 24.5 Å². The summed E-state index contributed by atoms with van der Waals surface area (Å²) in [6.07, 6.45) is 4.19. The summed E-state index contributed by atoms with van der Waals surface area (Å²) in [7, 11) is 0. The highest BCUT2D eigenvalue weighted by atomic mass is 16.2. The number of carbonyl (C=O) groups is 1. The number of hydrogen-bond acceptors (Lipinski definition) is 1. The number of hydrogen-bond donors (Lipinski definition) is 1. The molecule has 0 aromatic carbocycles. The molecule has 2 aliphatic carbocycles. The minimum atomic E-state index is 0.115. The van der Waals surface area contributed by atoms with E-state index in [1.165, 1.54) is 0 Å². The van der Waals surface area contributed by atoms with Gasteiger partial charge in [-0.3, -0.25) is 4.79 Å². The van der Waals surface area contributed by atoms with Crippen molar-refractivity contribution >= 4 is 5.91 Å². The molecular weight excluding hydrogens is 138 g/mol. The van der Waals surface area contributed by atoms with Crippen LogP contribution < -0.4 is 5.32 Å². The zero-order valence-corrected chi connectivity index (χ0v) is 6.98. The van der Waals surface area contributed by atoms with Crippen molar-refractivity contribution in [1.82, 2.24) is 5.32 Å². The molecule has 2 heteroatoms. The molecule has 2 fully saturated rings. The predicted molar refractivity (Wildman–Crippen MR) is 42.7 cm³/mol. The molecule has 2 nitrogen and oxygen atoms in total. The number of fused-ring (bicyclic) bond motifs is 1. The van der Waals surface area contributed by atoms with Gasteiger partial charge in [0.1, 0.15) is 0 Å². The van der Waals surface area contributed by atoms with Crippen molar-refractivity contribution in [2.75, 3.05) is 0 Å². The summed E-state index contributed by atoms with van der Waals surface area (Å²) in [6.45, 7) is 3.86. The highest BCUT2D eigenvalue weighted by Crippen LogP contribution is 2.75. The van der Waals surface area contributed by atoms with E-state index in [2.05, 4.69) is 5.32 Å². The molecule has 0 atom stereocenters. The van der Waals surface area contributed by atoms with Gasteiger partial charge in [0.05, 0.1) is 5.41 Å². The average Bonchev–Trinajstić information content (AvgIpc) is 2.71. The molecule has 11 heavy (non-hydrogen) atoms. The van der Waals surface area contributed by atoms with Gasteiger partial charge in [0.25, 0.3) is 0 Å². The average molecular weight is 151 g/mol. The smallest absolute Gasteiger partial charge is 0.230 e. The lowest BCUT2D eigenvalue weighted by Gasteiger charge is -2.05. The van der Waals surface area contributed by atoms with E-state index < -0.39 is 0 Å². The van der Waals surface area contributed by atoms with Crippen molar-refractivity contribution < 1.29 is 4.79 Å². The van der Waals surface area contributed by atoms with Gasteiger partial charge in [-0.2, -0.15) is 0 Å². The molecule has 0 aromatic rings. The second-order valence-corrected chi connectivity index (χ2v) is 3.69. The van der Waals surface area contributed by atoms with Gasteiger partial charge in [-0.15, -0.1) is 0 Å². The van der Waals surface area contributed by atoms with E-state index in [0.29, 0.717) is 0 Å². The molecule has 0 unspecified atom stereocenters. The Labute approximate surface area is 66.7 Å². The summed E-state index contributed by atoms with van der Waals surface area (Å²) < 4.78 is 0. The van der Waals surface area contributed by atoms with Gasteiger partial charge in [-0.1, -0.05) is 6.08 Å². The van der Waals surface area contributed by atoms with Crippen LogP contribution in [0, 0.1) is 11.3 Å². The van der Waals surface area contributed by atoms with Gasteiger partial charge in [0.15, 0.2) is 0 Å². The zero-order valence-electron chi connectivity index (χ0n) is 6.98. The van der Waals surface area contributed by atoms with Crippen LogP contribution in [-0.2, 0) is 4.79 Å². The Morgan fingerprint density at radius 1 is 1.64 bits per heavy atom. The lowest BCUT2D eigenvalue weighted by Crippen LogP contribution is -2.26. The van der Waals surface area contributed by atoms with Crippen LogP contribution in [0.25, 0.3) is 0 Å². The standard InChI is InChI=1S/C9H13NO/c1-3-6(2)10-8(11)9-4-7(9)5-9/h3,7H,4-5H2,1-2H3,(H,10,11). The Bertz CT molecular complexity index is 236. The van der Waals surface area contributed by atoms with Crippen LogP contribution in [-0.4, -0.2) is 5.91 Å². The molecule has 2 saturated carbocycles. The molecule has 0 spiro atoms. The third kappa shape index (κ3) is 0.889. The minimum absolute atomic E-state index is 0.115. The Morgan fingerprint density at radius 2 is 2.18 bits per heavy atom. The first-order chi connectivity index (χ1) is 5.19. The highest BCUT2D eigenvalue weighted by Gasteiger charge is 2.74. The summed E-state index contributed by atoms with van der Waals surface area (Å²) in [5, 5.41) is 2.90. The largest absolute Gasteiger partial charge is 0.330 e. The number of amides is 1. The van der Waals surface area contributed by atoms with Crippen LogP contribution in [0.15, 0.2) is 11.8 Å². The maximum atomic E-state index is 11.4. The van der Waals surface area contributed by atoms with E-state index in [1.54, 1.807) is 0 Å². The monoisotopic (exact) mass is 151 g/mol. The highest BCUT2D eigenvalue weighted by molar-refractivity contribution is 5.91. The van der Waals surface area contributed by atoms with Crippen LogP contribution in [0.4, 0.5) is 0 Å². The van der Waals surface area contributed by atoms with Crippen LogP contribution in [0.1, 0.15) is 26.7 Å². The number of carbonyl (C=O) groups excluding carboxylic acids is 1. The van der Waals surface area contributed by atoms with Crippen molar-refractivity contribution in [1.29, 1.82) is 0 Å². The van der Waals surface area contributed by atoms with Gasteiger partial charge < -0.3 is 5.32 Å². The molecule has 0 aromatic heterocycles. The van der Waals surface area contributed by atoms with Gasteiger partial charge in [-0.05, 0) is 32.6 Å². The van der Waals surface area contributed by atoms with Crippen LogP contribution in [0.2, 0.25) is 0 Å². The lowest BCUT2D eigenvalue weighted by atomic mass is 10.2. The molecule has 2 rings (SSSR count). The first-order valence-electron chi connectivity index (χ1n) is 4.13. The van der Waals surface area contributed by atoms with Crippen molar-refractivity contribution in [3.63, 3.8) is 0 Å². The molecule has 0 radical (unpaired) electrons. The van der Waals surface area contributed by atoms with Crippen LogP contribution in [0.3, 0.4) is 0 Å². The second-order valence-electron chi connectivity index (χ2n) is 3.69. The maximum Gasteiger partial charge on any atom is 0.230 e. The van der Waals surface area contributed by atoms with E-state index in [9.17, 15) is 4.79 Å². The second kappa shape index (κ2) is 1.87. The molecule has 0 aliphatic heterocycles. The topological polar surface area (TPSA) is 29.1 Å². The van der Waals surface area contributed by atoms with Gasteiger partial charge in [-0.25, -0.2) is 0 Å². The number of allylic oxidation sites excluding steroid dienone is 2. The molecule has 1 N–H and O–H groups in total. The fourth-order valence-corrected chi connectivity index (χ4v) is 1.45. The van der Waals surface area contributed by atoms with Crippen molar-refractivity contribution in [3.8, 4) is 0 Å². The van der Waals surface area contributed by atoms with Crippen molar-refractivity contribution in [3.05, 3.63) is 11.8 Å². The van der Waals surface area contributed by atoms with Crippen molar-refractivity contribution in [2.45, 2.75) is 26.7 Å². The van der Waals surface area contributed by atoms with Gasteiger partial charge >= 0.3 is 0 Å². The fraction of sp³-hybridized carbons (Fsp3) is 0.667. The quantitative estimate of drug-likeness (QED) is 0.635. The Hall–Kier alpha value is -0.790. The van der Waals surface area contributed by atoms with E-state index in [-0.39, 0.29) is 11.3 Å². The van der Waals surface area contributed by atoms with Gasteiger partial charge in [0.2, 0.25) is 5.91 Å². The Morgan fingerprint density at radius 3 is 2.55 bits per heavy atom. The molecule has 60 valence electrons. The molecular formula is C9H13NO. The summed E-state index contributed by atoms with van der Waals surface area (Å²) in [4.78, 5) is 11.4. The summed E-state index contributed by atoms with van der Waals surface area (Å²) in [6, 6.07) is 0. The van der Waals surface area contributed by atoms with E-state index in [4.69, 9.17) is 0 Å². The molecule has 0 saturated heterocycles. The van der Waals surface area contributed by atoms with Crippen LogP contribution in [0.5, 0.6) is 0 Å². The molecule has 0 bridgehead atoms. The normalized spacial score (nSPS) is 39.5. The molecule has 0 heterocycles. The molecule has 2 aliphatic rings. The summed E-state index contributed by atoms with van der Waals surface area (Å²) >= 11 is 0. The third-order valence-electron chi connectivity index (χ3n) is 2.88.